The first-order chi connectivity index (χ1) is 13.9. The molecule has 29 heavy (non-hydrogen) atoms. The van der Waals surface area contributed by atoms with E-state index in [1.54, 1.807) is 48.0 Å². The number of rotatable bonds is 4. The lowest BCUT2D eigenvalue weighted by atomic mass is 10.0. The first-order valence-electron chi connectivity index (χ1n) is 8.36. The number of carbonyl (C=O) groups is 1. The highest BCUT2D eigenvalue weighted by Crippen LogP contribution is 2.36. The minimum atomic E-state index is -4.83. The SMILES string of the molecule is O=C(Nc1nccs1)c1ccc2cccc(-c3ccccc3OC(F)(F)F)c2n1. The zero-order chi connectivity index (χ0) is 20.4. The van der Waals surface area contributed by atoms with Crippen molar-refractivity contribution >= 4 is 33.3 Å². The Morgan fingerprint density at radius 2 is 1.79 bits per heavy atom. The van der Waals surface area contributed by atoms with Crippen LogP contribution in [0.2, 0.25) is 0 Å². The van der Waals surface area contributed by atoms with Crippen molar-refractivity contribution < 1.29 is 22.7 Å². The molecule has 4 rings (SSSR count). The van der Waals surface area contributed by atoms with Gasteiger partial charge in [0.15, 0.2) is 5.13 Å². The highest BCUT2D eigenvalue weighted by atomic mass is 32.1. The fourth-order valence-electron chi connectivity index (χ4n) is 2.84. The molecule has 0 spiro atoms. The van der Waals surface area contributed by atoms with E-state index in [0.29, 0.717) is 21.6 Å². The predicted octanol–water partition coefficient (Wildman–Crippen LogP) is 5.51. The number of alkyl halides is 3. The standard InChI is InChI=1S/C20H12F3N3O2S/c21-20(22,23)28-16-7-2-1-5-13(16)14-6-3-4-12-8-9-15(25-17(12)14)18(27)26-19-24-10-11-29-19/h1-11H,(H,24,26,27). The Morgan fingerprint density at radius 1 is 1.00 bits per heavy atom. The maximum atomic E-state index is 12.8. The molecule has 0 fully saturated rings. The number of anilines is 1. The molecule has 146 valence electrons. The number of carbonyl (C=O) groups excluding carboxylic acids is 1. The van der Waals surface area contributed by atoms with Crippen LogP contribution in [0.25, 0.3) is 22.0 Å². The monoisotopic (exact) mass is 415 g/mol. The van der Waals surface area contributed by atoms with Crippen LogP contribution >= 0.6 is 11.3 Å². The number of aromatic nitrogens is 2. The molecule has 0 radical (unpaired) electrons. The van der Waals surface area contributed by atoms with Crippen LogP contribution in [0, 0.1) is 0 Å². The third kappa shape index (κ3) is 4.19. The number of amides is 1. The Hall–Kier alpha value is -3.46. The number of thiazole rings is 1. The van der Waals surface area contributed by atoms with Crippen molar-refractivity contribution in [2.24, 2.45) is 0 Å². The van der Waals surface area contributed by atoms with E-state index in [9.17, 15) is 18.0 Å². The Bertz CT molecular complexity index is 1180. The smallest absolute Gasteiger partial charge is 0.405 e. The summed E-state index contributed by atoms with van der Waals surface area (Å²) in [5, 5.41) is 5.46. The van der Waals surface area contributed by atoms with Gasteiger partial charge in [0.05, 0.1) is 5.52 Å². The van der Waals surface area contributed by atoms with Gasteiger partial charge in [0.25, 0.3) is 5.91 Å². The van der Waals surface area contributed by atoms with Gasteiger partial charge in [-0.25, -0.2) is 9.97 Å². The number of pyridine rings is 1. The Balaban J connectivity index is 1.79. The summed E-state index contributed by atoms with van der Waals surface area (Å²) < 4.78 is 42.6. The van der Waals surface area contributed by atoms with Crippen LogP contribution in [0.5, 0.6) is 5.75 Å². The molecule has 2 heterocycles. The molecule has 0 aliphatic rings. The van der Waals surface area contributed by atoms with E-state index < -0.39 is 12.3 Å². The van der Waals surface area contributed by atoms with E-state index >= 15 is 0 Å². The predicted molar refractivity (Wildman–Crippen MR) is 104 cm³/mol. The summed E-state index contributed by atoms with van der Waals surface area (Å²) in [6.07, 6.45) is -3.27. The number of halogens is 3. The molecule has 0 saturated carbocycles. The van der Waals surface area contributed by atoms with Crippen molar-refractivity contribution in [3.63, 3.8) is 0 Å². The van der Waals surface area contributed by atoms with Crippen molar-refractivity contribution in [2.45, 2.75) is 6.36 Å². The number of benzene rings is 2. The molecule has 2 aromatic carbocycles. The molecule has 0 aliphatic heterocycles. The first-order valence-corrected chi connectivity index (χ1v) is 9.24. The lowest BCUT2D eigenvalue weighted by Crippen LogP contribution is -2.17. The quantitative estimate of drug-likeness (QED) is 0.477. The topological polar surface area (TPSA) is 64.1 Å². The van der Waals surface area contributed by atoms with Crippen LogP contribution in [0.15, 0.2) is 66.2 Å². The summed E-state index contributed by atoms with van der Waals surface area (Å²) >= 11 is 1.26. The van der Waals surface area contributed by atoms with Gasteiger partial charge in [0.2, 0.25) is 0 Å². The second-order valence-corrected chi connectivity index (χ2v) is 6.80. The van der Waals surface area contributed by atoms with Crippen LogP contribution in [0.1, 0.15) is 10.5 Å². The lowest BCUT2D eigenvalue weighted by Gasteiger charge is -2.14. The van der Waals surface area contributed by atoms with E-state index in [2.05, 4.69) is 20.0 Å². The molecular weight excluding hydrogens is 403 g/mol. The zero-order valence-electron chi connectivity index (χ0n) is 14.6. The average Bonchev–Trinajstić information content (AvgIpc) is 3.19. The lowest BCUT2D eigenvalue weighted by molar-refractivity contribution is -0.274. The summed E-state index contributed by atoms with van der Waals surface area (Å²) in [5.74, 6) is -0.802. The summed E-state index contributed by atoms with van der Waals surface area (Å²) in [6, 6.07) is 14.2. The third-order valence-corrected chi connectivity index (χ3v) is 4.70. The molecule has 0 bridgehead atoms. The van der Waals surface area contributed by atoms with Gasteiger partial charge in [-0.15, -0.1) is 24.5 Å². The molecule has 0 aliphatic carbocycles. The average molecular weight is 415 g/mol. The van der Waals surface area contributed by atoms with Crippen LogP contribution in [-0.4, -0.2) is 22.2 Å². The molecule has 1 N–H and O–H groups in total. The van der Waals surface area contributed by atoms with Gasteiger partial charge in [0, 0.05) is 28.1 Å². The van der Waals surface area contributed by atoms with Gasteiger partial charge in [-0.1, -0.05) is 42.5 Å². The van der Waals surface area contributed by atoms with Gasteiger partial charge < -0.3 is 4.74 Å². The van der Waals surface area contributed by atoms with Gasteiger partial charge in [-0.2, -0.15) is 0 Å². The van der Waals surface area contributed by atoms with Crippen molar-refractivity contribution in [2.75, 3.05) is 5.32 Å². The van der Waals surface area contributed by atoms with Gasteiger partial charge in [-0.05, 0) is 12.1 Å². The number of fused-ring (bicyclic) bond motifs is 1. The number of para-hydroxylation sites is 2. The fourth-order valence-corrected chi connectivity index (χ4v) is 3.36. The molecule has 5 nitrogen and oxygen atoms in total. The minimum Gasteiger partial charge on any atom is -0.405 e. The molecule has 1 amide bonds. The van der Waals surface area contributed by atoms with Gasteiger partial charge >= 0.3 is 6.36 Å². The van der Waals surface area contributed by atoms with Gasteiger partial charge in [-0.3, -0.25) is 10.1 Å². The second kappa shape index (κ2) is 7.51. The molecule has 9 heteroatoms. The number of nitrogens with one attached hydrogen (secondary N) is 1. The van der Waals surface area contributed by atoms with Crippen LogP contribution in [0.3, 0.4) is 0 Å². The summed E-state index contributed by atoms with van der Waals surface area (Å²) in [5.41, 5.74) is 1.15. The summed E-state index contributed by atoms with van der Waals surface area (Å²) in [4.78, 5) is 20.9. The van der Waals surface area contributed by atoms with Crippen molar-refractivity contribution in [3.8, 4) is 16.9 Å². The summed E-state index contributed by atoms with van der Waals surface area (Å²) in [6.45, 7) is 0. The number of ether oxygens (including phenoxy) is 1. The fraction of sp³-hybridized carbons (Fsp3) is 0.0500. The molecule has 0 atom stereocenters. The van der Waals surface area contributed by atoms with Crippen molar-refractivity contribution in [3.05, 3.63) is 71.9 Å². The molecule has 2 aromatic heterocycles. The highest BCUT2D eigenvalue weighted by Gasteiger charge is 2.32. The second-order valence-electron chi connectivity index (χ2n) is 5.91. The van der Waals surface area contributed by atoms with E-state index in [0.717, 1.165) is 0 Å². The van der Waals surface area contributed by atoms with Gasteiger partial charge in [0.1, 0.15) is 11.4 Å². The normalized spacial score (nSPS) is 11.4. The maximum absolute atomic E-state index is 12.8. The van der Waals surface area contributed by atoms with Crippen molar-refractivity contribution in [1.29, 1.82) is 0 Å². The molecule has 4 aromatic rings. The van der Waals surface area contributed by atoms with E-state index in [4.69, 9.17) is 0 Å². The molecule has 0 saturated heterocycles. The molecular formula is C20H12F3N3O2S. The van der Waals surface area contributed by atoms with Crippen LogP contribution in [-0.2, 0) is 0 Å². The minimum absolute atomic E-state index is 0.120. The third-order valence-electron chi connectivity index (χ3n) is 4.01. The van der Waals surface area contributed by atoms with Crippen molar-refractivity contribution in [1.82, 2.24) is 9.97 Å². The maximum Gasteiger partial charge on any atom is 0.573 e. The zero-order valence-corrected chi connectivity index (χ0v) is 15.4. The van der Waals surface area contributed by atoms with E-state index in [1.807, 2.05) is 0 Å². The van der Waals surface area contributed by atoms with Crippen LogP contribution < -0.4 is 10.1 Å². The van der Waals surface area contributed by atoms with Crippen LogP contribution in [0.4, 0.5) is 18.3 Å². The Labute approximate surface area is 166 Å². The molecule has 0 unspecified atom stereocenters. The highest BCUT2D eigenvalue weighted by molar-refractivity contribution is 7.13. The number of hydrogen-bond acceptors (Lipinski definition) is 5. The first kappa shape index (κ1) is 18.9. The number of nitrogens with zero attached hydrogens (tertiary/aromatic N) is 2. The largest absolute Gasteiger partial charge is 0.573 e. The van der Waals surface area contributed by atoms with E-state index in [-0.39, 0.29) is 17.0 Å². The van der Waals surface area contributed by atoms with E-state index in [1.165, 1.54) is 29.5 Å². The Morgan fingerprint density at radius 3 is 2.55 bits per heavy atom. The number of hydrogen-bond donors (Lipinski definition) is 1. The summed E-state index contributed by atoms with van der Waals surface area (Å²) in [7, 11) is 0. The Kier molecular flexibility index (Phi) is 4.89.